The fourth-order valence-electron chi connectivity index (χ4n) is 2.39. The van der Waals surface area contributed by atoms with Gasteiger partial charge in [0, 0.05) is 36.5 Å². The molecule has 0 saturated carbocycles. The van der Waals surface area contributed by atoms with Gasteiger partial charge in [-0.05, 0) is 37.1 Å². The van der Waals surface area contributed by atoms with Crippen LogP contribution in [0.15, 0.2) is 71.0 Å². The summed E-state index contributed by atoms with van der Waals surface area (Å²) in [6.07, 6.45) is 10.1. The lowest BCUT2D eigenvalue weighted by Gasteiger charge is -2.05. The van der Waals surface area contributed by atoms with Gasteiger partial charge in [-0.3, -0.25) is 0 Å². The Kier molecular flexibility index (Phi) is 8.63. The van der Waals surface area contributed by atoms with Crippen LogP contribution in [0.2, 0.25) is 0 Å². The lowest BCUT2D eigenvalue weighted by molar-refractivity contribution is 0.338. The van der Waals surface area contributed by atoms with Crippen molar-refractivity contribution in [2.24, 2.45) is 0 Å². The average molecular weight is 393 g/mol. The number of rotatable bonds is 7. The van der Waals surface area contributed by atoms with Gasteiger partial charge >= 0.3 is 0 Å². The van der Waals surface area contributed by atoms with Crippen molar-refractivity contribution in [3.05, 3.63) is 77.8 Å². The normalized spacial score (nSPS) is 11.2. The van der Waals surface area contributed by atoms with Gasteiger partial charge < -0.3 is 15.0 Å². The Balaban J connectivity index is 0.00000145. The fourth-order valence-corrected chi connectivity index (χ4v) is 2.39. The molecule has 0 bridgehead atoms. The number of nitrogens with zero attached hydrogens (tertiary/aromatic N) is 3. The van der Waals surface area contributed by atoms with Crippen molar-refractivity contribution >= 4 is 5.82 Å². The van der Waals surface area contributed by atoms with Crippen molar-refractivity contribution in [2.45, 2.75) is 34.1 Å². The first-order valence-electron chi connectivity index (χ1n) is 9.67. The quantitative estimate of drug-likeness (QED) is 0.554. The highest BCUT2D eigenvalue weighted by atomic mass is 16.5. The summed E-state index contributed by atoms with van der Waals surface area (Å²) >= 11 is 0. The standard InChI is InChI=1S/C21H22N4O2.C2H6/c1-3-4-5-15(2)14-26-21-9-6-16(12-24-21)10-18-11-19(27-25-18)17-7-8-20(22)23-13-17;1-2/h3-9,11-13H,10,14H2,1-2H3,(H2,22,23);1-2H3/b4-3-,15-5+;. The second kappa shape index (κ2) is 11.4. The number of nitrogen functional groups attached to an aromatic ring is 1. The Morgan fingerprint density at radius 1 is 1.14 bits per heavy atom. The Hall–Kier alpha value is -3.41. The van der Waals surface area contributed by atoms with E-state index in [0.717, 1.165) is 22.4 Å². The first kappa shape index (κ1) is 21.9. The van der Waals surface area contributed by atoms with Gasteiger partial charge in [0.1, 0.15) is 12.4 Å². The predicted octanol–water partition coefficient (Wildman–Crippen LogP) is 5.23. The van der Waals surface area contributed by atoms with Crippen molar-refractivity contribution in [2.75, 3.05) is 12.3 Å². The lowest BCUT2D eigenvalue weighted by Crippen LogP contribution is -2.00. The number of hydrogen-bond donors (Lipinski definition) is 1. The summed E-state index contributed by atoms with van der Waals surface area (Å²) < 4.78 is 11.1. The number of hydrogen-bond acceptors (Lipinski definition) is 6. The van der Waals surface area contributed by atoms with E-state index in [2.05, 4.69) is 15.1 Å². The van der Waals surface area contributed by atoms with Gasteiger partial charge in [0.2, 0.25) is 5.88 Å². The number of ether oxygens (including phenoxy) is 1. The molecule has 0 aliphatic rings. The molecule has 3 aromatic rings. The third-order valence-corrected chi connectivity index (χ3v) is 3.83. The maximum absolute atomic E-state index is 5.68. The maximum atomic E-state index is 5.68. The fraction of sp³-hybridized carbons (Fsp3) is 0.261. The first-order chi connectivity index (χ1) is 14.1. The number of pyridine rings is 2. The number of nitrogens with two attached hydrogens (primary N) is 1. The summed E-state index contributed by atoms with van der Waals surface area (Å²) in [5.74, 6) is 1.73. The van der Waals surface area contributed by atoms with Gasteiger partial charge in [0.25, 0.3) is 0 Å². The molecule has 0 aromatic carbocycles. The first-order valence-corrected chi connectivity index (χ1v) is 9.67. The van der Waals surface area contributed by atoms with E-state index in [-0.39, 0.29) is 0 Å². The van der Waals surface area contributed by atoms with Crippen LogP contribution in [-0.2, 0) is 6.42 Å². The largest absolute Gasteiger partial charge is 0.473 e. The Morgan fingerprint density at radius 2 is 1.97 bits per heavy atom. The summed E-state index contributed by atoms with van der Waals surface area (Å²) in [7, 11) is 0. The smallest absolute Gasteiger partial charge is 0.213 e. The van der Waals surface area contributed by atoms with Crippen LogP contribution in [0.25, 0.3) is 11.3 Å². The highest BCUT2D eigenvalue weighted by molar-refractivity contribution is 5.57. The van der Waals surface area contributed by atoms with Gasteiger partial charge in [-0.1, -0.05) is 43.3 Å². The summed E-state index contributed by atoms with van der Waals surface area (Å²) in [5, 5.41) is 4.11. The molecule has 3 rings (SSSR count). The molecule has 6 nitrogen and oxygen atoms in total. The molecule has 0 saturated heterocycles. The minimum Gasteiger partial charge on any atom is -0.473 e. The van der Waals surface area contributed by atoms with Crippen LogP contribution >= 0.6 is 0 Å². The molecule has 0 radical (unpaired) electrons. The number of aromatic nitrogens is 3. The van der Waals surface area contributed by atoms with Crippen LogP contribution in [0.1, 0.15) is 39.0 Å². The average Bonchev–Trinajstić information content (AvgIpc) is 3.22. The van der Waals surface area contributed by atoms with Crippen LogP contribution in [0.4, 0.5) is 5.82 Å². The van der Waals surface area contributed by atoms with Gasteiger partial charge in [-0.2, -0.15) is 0 Å². The van der Waals surface area contributed by atoms with Crippen molar-refractivity contribution in [3.63, 3.8) is 0 Å². The third kappa shape index (κ3) is 6.92. The van der Waals surface area contributed by atoms with Crippen molar-refractivity contribution in [3.8, 4) is 17.2 Å². The molecule has 0 unspecified atom stereocenters. The molecule has 6 heteroatoms. The van der Waals surface area contributed by atoms with Crippen LogP contribution in [0.3, 0.4) is 0 Å². The molecule has 152 valence electrons. The minimum absolute atomic E-state index is 0.472. The molecule has 0 aliphatic carbocycles. The topological polar surface area (TPSA) is 87.1 Å². The Bertz CT molecular complexity index is 926. The van der Waals surface area contributed by atoms with E-state index in [0.29, 0.717) is 30.5 Å². The van der Waals surface area contributed by atoms with Crippen LogP contribution in [-0.4, -0.2) is 21.7 Å². The number of allylic oxidation sites excluding steroid dienone is 3. The second-order valence-corrected chi connectivity index (χ2v) is 6.16. The monoisotopic (exact) mass is 392 g/mol. The molecule has 0 aliphatic heterocycles. The molecule has 0 fully saturated rings. The van der Waals surface area contributed by atoms with E-state index in [1.807, 2.05) is 70.2 Å². The summed E-state index contributed by atoms with van der Waals surface area (Å²) in [5.41, 5.74) is 9.42. The van der Waals surface area contributed by atoms with E-state index in [1.165, 1.54) is 0 Å². The minimum atomic E-state index is 0.472. The molecule has 3 aromatic heterocycles. The predicted molar refractivity (Wildman–Crippen MR) is 117 cm³/mol. The van der Waals surface area contributed by atoms with Crippen molar-refractivity contribution in [1.29, 1.82) is 0 Å². The zero-order valence-corrected chi connectivity index (χ0v) is 17.4. The van der Waals surface area contributed by atoms with Gasteiger partial charge in [-0.15, -0.1) is 0 Å². The SMILES string of the molecule is C/C=C\C=C(/C)COc1ccc(Cc2cc(-c3ccc(N)nc3)on2)cn1.CC. The Labute approximate surface area is 172 Å². The summed E-state index contributed by atoms with van der Waals surface area (Å²) in [4.78, 5) is 8.42. The zero-order valence-electron chi connectivity index (χ0n) is 17.4. The van der Waals surface area contributed by atoms with E-state index >= 15 is 0 Å². The summed E-state index contributed by atoms with van der Waals surface area (Å²) in [6, 6.07) is 9.32. The number of anilines is 1. The molecule has 0 atom stereocenters. The summed E-state index contributed by atoms with van der Waals surface area (Å²) in [6.45, 7) is 8.52. The van der Waals surface area contributed by atoms with Crippen molar-refractivity contribution < 1.29 is 9.26 Å². The van der Waals surface area contributed by atoms with Crippen LogP contribution in [0, 0.1) is 0 Å². The molecule has 3 heterocycles. The molecule has 0 amide bonds. The van der Waals surface area contributed by atoms with Crippen LogP contribution in [0.5, 0.6) is 5.88 Å². The van der Waals surface area contributed by atoms with Gasteiger partial charge in [0.15, 0.2) is 5.76 Å². The lowest BCUT2D eigenvalue weighted by atomic mass is 10.1. The van der Waals surface area contributed by atoms with E-state index < -0.39 is 0 Å². The van der Waals surface area contributed by atoms with Gasteiger partial charge in [0.05, 0.1) is 5.69 Å². The molecular formula is C23H28N4O2. The highest BCUT2D eigenvalue weighted by Crippen LogP contribution is 2.21. The molecule has 0 spiro atoms. The van der Waals surface area contributed by atoms with Gasteiger partial charge in [-0.25, -0.2) is 9.97 Å². The molecule has 29 heavy (non-hydrogen) atoms. The Morgan fingerprint density at radius 3 is 2.62 bits per heavy atom. The third-order valence-electron chi connectivity index (χ3n) is 3.83. The van der Waals surface area contributed by atoms with Crippen LogP contribution < -0.4 is 10.5 Å². The maximum Gasteiger partial charge on any atom is 0.213 e. The van der Waals surface area contributed by atoms with E-state index in [4.69, 9.17) is 15.0 Å². The second-order valence-electron chi connectivity index (χ2n) is 6.16. The highest BCUT2D eigenvalue weighted by Gasteiger charge is 2.08. The van der Waals surface area contributed by atoms with Crippen molar-refractivity contribution in [1.82, 2.24) is 15.1 Å². The van der Waals surface area contributed by atoms with E-state index in [9.17, 15) is 0 Å². The zero-order chi connectivity index (χ0) is 21.1. The molecular weight excluding hydrogens is 364 g/mol. The van der Waals surface area contributed by atoms with E-state index in [1.54, 1.807) is 18.5 Å². The molecule has 2 N–H and O–H groups in total.